The van der Waals surface area contributed by atoms with Crippen LogP contribution in [0.3, 0.4) is 0 Å². The Morgan fingerprint density at radius 1 is 1.29 bits per heavy atom. The molecule has 0 fully saturated rings. The monoisotopic (exact) mass is 194 g/mol. The molecule has 3 nitrogen and oxygen atoms in total. The molecule has 5 N–H and O–H groups in total. The number of nitrogens with two attached hydrogens (primary N) is 2. The van der Waals surface area contributed by atoms with Crippen molar-refractivity contribution < 1.29 is 5.11 Å². The maximum absolute atomic E-state index is 9.67. The van der Waals surface area contributed by atoms with Crippen LogP contribution in [-0.2, 0) is 0 Å². The van der Waals surface area contributed by atoms with Gasteiger partial charge in [0.1, 0.15) is 5.75 Å². The van der Waals surface area contributed by atoms with Crippen LogP contribution in [0.2, 0.25) is 0 Å². The smallest absolute Gasteiger partial charge is 0.122 e. The van der Waals surface area contributed by atoms with E-state index in [2.05, 4.69) is 0 Å². The average Bonchev–Trinajstić information content (AvgIpc) is 2.01. The van der Waals surface area contributed by atoms with Gasteiger partial charge in [-0.1, -0.05) is 26.8 Å². The molecule has 0 aliphatic rings. The second-order valence-electron chi connectivity index (χ2n) is 4.66. The predicted octanol–water partition coefficient (Wildman–Crippen LogP) is 2.02. The van der Waals surface area contributed by atoms with Crippen LogP contribution in [0.1, 0.15) is 32.4 Å². The third-order valence-electron chi connectivity index (χ3n) is 2.32. The van der Waals surface area contributed by atoms with E-state index in [1.807, 2.05) is 20.8 Å². The van der Waals surface area contributed by atoms with Gasteiger partial charge in [0.2, 0.25) is 0 Å². The number of aromatic hydroxyl groups is 1. The molecule has 0 aromatic heterocycles. The molecular formula is C11H18N2O. The van der Waals surface area contributed by atoms with Crippen LogP contribution < -0.4 is 11.5 Å². The van der Waals surface area contributed by atoms with Gasteiger partial charge in [0.05, 0.1) is 0 Å². The third-order valence-corrected chi connectivity index (χ3v) is 2.32. The molecular weight excluding hydrogens is 176 g/mol. The maximum atomic E-state index is 9.67. The first-order valence-corrected chi connectivity index (χ1v) is 4.66. The zero-order valence-corrected chi connectivity index (χ0v) is 8.91. The van der Waals surface area contributed by atoms with E-state index in [0.717, 1.165) is 5.56 Å². The average molecular weight is 194 g/mol. The van der Waals surface area contributed by atoms with Crippen molar-refractivity contribution in [1.29, 1.82) is 0 Å². The topological polar surface area (TPSA) is 72.3 Å². The largest absolute Gasteiger partial charge is 0.508 e. The number of hydrogen-bond acceptors (Lipinski definition) is 3. The van der Waals surface area contributed by atoms with E-state index in [0.29, 0.717) is 5.69 Å². The minimum absolute atomic E-state index is 0.0758. The Kier molecular flexibility index (Phi) is 2.71. The maximum Gasteiger partial charge on any atom is 0.122 e. The quantitative estimate of drug-likeness (QED) is 0.599. The first-order valence-electron chi connectivity index (χ1n) is 4.66. The lowest BCUT2D eigenvalue weighted by molar-refractivity contribution is 0.318. The number of phenols is 1. The van der Waals surface area contributed by atoms with Gasteiger partial charge < -0.3 is 16.6 Å². The highest BCUT2D eigenvalue weighted by Gasteiger charge is 2.24. The summed E-state index contributed by atoms with van der Waals surface area (Å²) >= 11 is 0. The number of hydrogen-bond donors (Lipinski definition) is 3. The van der Waals surface area contributed by atoms with Crippen LogP contribution in [0, 0.1) is 5.41 Å². The van der Waals surface area contributed by atoms with E-state index >= 15 is 0 Å². The van der Waals surface area contributed by atoms with E-state index in [1.54, 1.807) is 12.1 Å². The Bertz CT molecular complexity index is 329. The molecule has 0 aliphatic heterocycles. The molecule has 0 amide bonds. The van der Waals surface area contributed by atoms with Crippen LogP contribution in [0.25, 0.3) is 0 Å². The molecule has 0 spiro atoms. The number of anilines is 1. The van der Waals surface area contributed by atoms with Crippen molar-refractivity contribution in [2.45, 2.75) is 26.8 Å². The van der Waals surface area contributed by atoms with Gasteiger partial charge in [-0.25, -0.2) is 0 Å². The third kappa shape index (κ3) is 2.17. The Morgan fingerprint density at radius 2 is 1.86 bits per heavy atom. The second-order valence-corrected chi connectivity index (χ2v) is 4.66. The van der Waals surface area contributed by atoms with Crippen molar-refractivity contribution in [2.75, 3.05) is 5.73 Å². The first-order chi connectivity index (χ1) is 6.32. The molecule has 0 unspecified atom stereocenters. The lowest BCUT2D eigenvalue weighted by atomic mass is 9.83. The van der Waals surface area contributed by atoms with Crippen molar-refractivity contribution in [2.24, 2.45) is 11.1 Å². The normalized spacial score (nSPS) is 14.0. The summed E-state index contributed by atoms with van der Waals surface area (Å²) < 4.78 is 0. The summed E-state index contributed by atoms with van der Waals surface area (Å²) in [5.74, 6) is 0.174. The molecule has 0 bridgehead atoms. The van der Waals surface area contributed by atoms with Gasteiger partial charge in [-0.05, 0) is 11.5 Å². The summed E-state index contributed by atoms with van der Waals surface area (Å²) in [4.78, 5) is 0. The molecule has 1 aromatic carbocycles. The fourth-order valence-electron chi connectivity index (χ4n) is 1.29. The van der Waals surface area contributed by atoms with Crippen LogP contribution in [0.15, 0.2) is 18.2 Å². The van der Waals surface area contributed by atoms with E-state index in [-0.39, 0.29) is 17.2 Å². The van der Waals surface area contributed by atoms with Crippen molar-refractivity contribution in [3.05, 3.63) is 23.8 Å². The summed E-state index contributed by atoms with van der Waals surface area (Å²) in [6.45, 7) is 6.11. The zero-order chi connectivity index (χ0) is 10.9. The Labute approximate surface area is 84.7 Å². The fourth-order valence-corrected chi connectivity index (χ4v) is 1.29. The summed E-state index contributed by atoms with van der Waals surface area (Å²) in [6, 6.07) is 4.87. The molecule has 0 saturated heterocycles. The van der Waals surface area contributed by atoms with Gasteiger partial charge in [-0.3, -0.25) is 0 Å². The summed E-state index contributed by atoms with van der Waals surface area (Å²) in [7, 11) is 0. The lowest BCUT2D eigenvalue weighted by Crippen LogP contribution is -2.26. The molecule has 0 aliphatic carbocycles. The minimum Gasteiger partial charge on any atom is -0.508 e. The van der Waals surface area contributed by atoms with Crippen LogP contribution in [-0.4, -0.2) is 5.11 Å². The van der Waals surface area contributed by atoms with Crippen LogP contribution in [0.4, 0.5) is 5.69 Å². The summed E-state index contributed by atoms with van der Waals surface area (Å²) in [6.07, 6.45) is 0. The Balaban J connectivity index is 3.08. The van der Waals surface area contributed by atoms with Crippen LogP contribution >= 0.6 is 0 Å². The predicted molar refractivity (Wildman–Crippen MR) is 58.9 cm³/mol. The molecule has 14 heavy (non-hydrogen) atoms. The van der Waals surface area contributed by atoms with E-state index in [1.165, 1.54) is 6.07 Å². The number of benzene rings is 1. The minimum atomic E-state index is -0.192. The molecule has 0 saturated carbocycles. The highest BCUT2D eigenvalue weighted by Crippen LogP contribution is 2.35. The van der Waals surface area contributed by atoms with E-state index < -0.39 is 0 Å². The Hall–Kier alpha value is -1.22. The number of phenolic OH excluding ortho intramolecular Hbond substituents is 1. The molecule has 3 heteroatoms. The van der Waals surface area contributed by atoms with E-state index in [4.69, 9.17) is 11.5 Å². The standard InChI is InChI=1S/C11H18N2O/c1-11(2,3)10(13)8-5-4-7(12)6-9(8)14/h4-6,10,14H,12-13H2,1-3H3/t10-/m0/s1. The second kappa shape index (κ2) is 3.50. The van der Waals surface area contributed by atoms with Gasteiger partial charge in [0.25, 0.3) is 0 Å². The molecule has 1 aromatic rings. The molecule has 0 radical (unpaired) electrons. The van der Waals surface area contributed by atoms with Crippen molar-refractivity contribution >= 4 is 5.69 Å². The van der Waals surface area contributed by atoms with Gasteiger partial charge in [-0.2, -0.15) is 0 Å². The fraction of sp³-hybridized carbons (Fsp3) is 0.455. The van der Waals surface area contributed by atoms with Crippen molar-refractivity contribution in [1.82, 2.24) is 0 Å². The SMILES string of the molecule is CC(C)(C)[C@@H](N)c1ccc(N)cc1O. The van der Waals surface area contributed by atoms with E-state index in [9.17, 15) is 5.11 Å². The molecule has 1 atom stereocenters. The summed E-state index contributed by atoms with van der Waals surface area (Å²) in [5.41, 5.74) is 12.8. The van der Waals surface area contributed by atoms with Gasteiger partial charge in [0, 0.05) is 23.4 Å². The van der Waals surface area contributed by atoms with Gasteiger partial charge in [-0.15, -0.1) is 0 Å². The van der Waals surface area contributed by atoms with Crippen molar-refractivity contribution in [3.8, 4) is 5.75 Å². The molecule has 0 heterocycles. The first kappa shape index (κ1) is 10.9. The van der Waals surface area contributed by atoms with Crippen LogP contribution in [0.5, 0.6) is 5.75 Å². The summed E-state index contributed by atoms with van der Waals surface area (Å²) in [5, 5.41) is 9.67. The lowest BCUT2D eigenvalue weighted by Gasteiger charge is -2.27. The van der Waals surface area contributed by atoms with Crippen molar-refractivity contribution in [3.63, 3.8) is 0 Å². The number of rotatable bonds is 1. The highest BCUT2D eigenvalue weighted by molar-refractivity contribution is 5.49. The van der Waals surface area contributed by atoms with Gasteiger partial charge in [0.15, 0.2) is 0 Å². The zero-order valence-electron chi connectivity index (χ0n) is 8.91. The number of nitrogen functional groups attached to an aromatic ring is 1. The molecule has 78 valence electrons. The molecule has 1 rings (SSSR count). The highest BCUT2D eigenvalue weighted by atomic mass is 16.3. The van der Waals surface area contributed by atoms with Gasteiger partial charge >= 0.3 is 0 Å². The Morgan fingerprint density at radius 3 is 2.29 bits per heavy atom.